The van der Waals surface area contributed by atoms with Gasteiger partial charge in [-0.15, -0.1) is 0 Å². The van der Waals surface area contributed by atoms with Crippen LogP contribution in [-0.2, 0) is 0 Å². The highest BCUT2D eigenvalue weighted by molar-refractivity contribution is 5.89. The first-order valence-corrected chi connectivity index (χ1v) is 6.39. The van der Waals surface area contributed by atoms with E-state index in [-0.39, 0.29) is 11.4 Å². The highest BCUT2D eigenvalue weighted by Gasteiger charge is 2.19. The lowest BCUT2D eigenvalue weighted by Gasteiger charge is -2.08. The van der Waals surface area contributed by atoms with Crippen molar-refractivity contribution in [1.82, 2.24) is 4.98 Å². The predicted molar refractivity (Wildman–Crippen MR) is 78.7 cm³/mol. The van der Waals surface area contributed by atoms with Crippen molar-refractivity contribution in [1.29, 1.82) is 0 Å². The number of aromatic nitrogens is 1. The molecule has 2 aromatic rings. The van der Waals surface area contributed by atoms with Crippen LogP contribution in [0.1, 0.15) is 17.3 Å². The number of benzene rings is 1. The predicted octanol–water partition coefficient (Wildman–Crippen LogP) is 2.83. The second-order valence-electron chi connectivity index (χ2n) is 4.24. The largest absolute Gasteiger partial charge is 0.494 e. The third-order valence-corrected chi connectivity index (χ3v) is 2.74. The molecule has 8 heteroatoms. The summed E-state index contributed by atoms with van der Waals surface area (Å²) in [4.78, 5) is 25.0. The minimum absolute atomic E-state index is 0.0286. The maximum absolute atomic E-state index is 11.0. The van der Waals surface area contributed by atoms with Crippen molar-refractivity contribution in [3.8, 4) is 5.75 Å². The zero-order chi connectivity index (χ0) is 16.1. The first-order chi connectivity index (χ1) is 10.5. The number of carboxylic acid groups (broad SMARTS) is 1. The number of nitrogens with one attached hydrogen (secondary N) is 1. The number of ether oxygens (including phenoxy) is 1. The van der Waals surface area contributed by atoms with Gasteiger partial charge in [0.15, 0.2) is 0 Å². The number of hydrogen-bond acceptors (Lipinski definition) is 6. The van der Waals surface area contributed by atoms with Crippen molar-refractivity contribution in [2.45, 2.75) is 6.92 Å². The van der Waals surface area contributed by atoms with Gasteiger partial charge in [0.25, 0.3) is 0 Å². The smallest absolute Gasteiger partial charge is 0.337 e. The molecule has 1 aromatic heterocycles. The van der Waals surface area contributed by atoms with Crippen molar-refractivity contribution in [2.75, 3.05) is 11.9 Å². The van der Waals surface area contributed by atoms with Gasteiger partial charge >= 0.3 is 11.7 Å². The molecule has 1 heterocycles. The molecule has 2 N–H and O–H groups in total. The Labute approximate surface area is 125 Å². The van der Waals surface area contributed by atoms with E-state index in [4.69, 9.17) is 9.84 Å². The summed E-state index contributed by atoms with van der Waals surface area (Å²) in [6.07, 6.45) is 1.06. The third-order valence-electron chi connectivity index (χ3n) is 2.74. The summed E-state index contributed by atoms with van der Waals surface area (Å²) in [5.41, 5.74) is -0.0835. The van der Waals surface area contributed by atoms with Crippen LogP contribution in [0.15, 0.2) is 36.5 Å². The molecule has 0 aliphatic heterocycles. The molecule has 8 nitrogen and oxygen atoms in total. The zero-order valence-electron chi connectivity index (χ0n) is 11.6. The molecule has 0 fully saturated rings. The number of carboxylic acids is 1. The van der Waals surface area contributed by atoms with E-state index in [0.29, 0.717) is 18.0 Å². The Balaban J connectivity index is 2.28. The fourth-order valence-electron chi connectivity index (χ4n) is 1.74. The van der Waals surface area contributed by atoms with Gasteiger partial charge in [-0.2, -0.15) is 0 Å². The van der Waals surface area contributed by atoms with E-state index in [1.165, 1.54) is 0 Å². The number of nitro groups is 1. The van der Waals surface area contributed by atoms with E-state index in [0.717, 1.165) is 12.3 Å². The minimum Gasteiger partial charge on any atom is -0.494 e. The van der Waals surface area contributed by atoms with Gasteiger partial charge in [0.05, 0.1) is 17.1 Å². The molecular weight excluding hydrogens is 290 g/mol. The summed E-state index contributed by atoms with van der Waals surface area (Å²) in [5.74, 6) is -0.626. The molecule has 0 amide bonds. The summed E-state index contributed by atoms with van der Waals surface area (Å²) in [5, 5.41) is 22.7. The van der Waals surface area contributed by atoms with Gasteiger partial charge in [-0.1, -0.05) is 0 Å². The minimum atomic E-state index is -1.27. The molecule has 1 aromatic carbocycles. The zero-order valence-corrected chi connectivity index (χ0v) is 11.6. The van der Waals surface area contributed by atoms with Crippen LogP contribution in [0.2, 0.25) is 0 Å². The maximum atomic E-state index is 11.0. The lowest BCUT2D eigenvalue weighted by atomic mass is 10.2. The van der Waals surface area contributed by atoms with Crippen LogP contribution in [0.3, 0.4) is 0 Å². The number of hydrogen-bond donors (Lipinski definition) is 2. The Hall–Kier alpha value is -3.16. The molecule has 0 aliphatic rings. The highest BCUT2D eigenvalue weighted by Crippen LogP contribution is 2.27. The Morgan fingerprint density at radius 1 is 1.41 bits per heavy atom. The van der Waals surface area contributed by atoms with Crippen LogP contribution >= 0.6 is 0 Å². The molecule has 0 bridgehead atoms. The van der Waals surface area contributed by atoms with Gasteiger partial charge in [-0.05, 0) is 31.2 Å². The van der Waals surface area contributed by atoms with Crippen LogP contribution in [0.4, 0.5) is 17.2 Å². The van der Waals surface area contributed by atoms with Crippen molar-refractivity contribution < 1.29 is 19.6 Å². The van der Waals surface area contributed by atoms with Gasteiger partial charge in [0.1, 0.15) is 5.75 Å². The Kier molecular flexibility index (Phi) is 4.52. The number of anilines is 2. The van der Waals surface area contributed by atoms with Crippen molar-refractivity contribution in [3.05, 3.63) is 52.2 Å². The van der Waals surface area contributed by atoms with Gasteiger partial charge in [-0.3, -0.25) is 10.1 Å². The topological polar surface area (TPSA) is 115 Å². The first-order valence-electron chi connectivity index (χ1n) is 6.39. The number of carbonyl (C=O) groups is 1. The number of rotatable bonds is 6. The van der Waals surface area contributed by atoms with E-state index >= 15 is 0 Å². The van der Waals surface area contributed by atoms with Crippen LogP contribution in [0.5, 0.6) is 5.75 Å². The number of nitrogens with zero attached hydrogens (tertiary/aromatic N) is 2. The van der Waals surface area contributed by atoms with Gasteiger partial charge in [0.2, 0.25) is 5.82 Å². The van der Waals surface area contributed by atoms with Gasteiger partial charge in [-0.25, -0.2) is 9.78 Å². The molecule has 0 aliphatic carbocycles. The maximum Gasteiger partial charge on any atom is 0.337 e. The molecule has 0 saturated heterocycles. The number of pyridine rings is 1. The fourth-order valence-corrected chi connectivity index (χ4v) is 1.74. The average Bonchev–Trinajstić information content (AvgIpc) is 2.49. The average molecular weight is 303 g/mol. The number of aromatic carboxylic acids is 1. The van der Waals surface area contributed by atoms with Crippen molar-refractivity contribution >= 4 is 23.2 Å². The molecule has 2 rings (SSSR count). The highest BCUT2D eigenvalue weighted by atomic mass is 16.6. The second kappa shape index (κ2) is 6.53. The molecule has 0 spiro atoms. The molecule has 114 valence electrons. The van der Waals surface area contributed by atoms with Crippen LogP contribution in [0, 0.1) is 10.1 Å². The quantitative estimate of drug-likeness (QED) is 0.622. The van der Waals surface area contributed by atoms with E-state index in [9.17, 15) is 14.9 Å². The standard InChI is InChI=1S/C14H13N3O5/c1-2-22-11-5-3-10(4-6-11)16-13-12(17(20)21)7-9(8-15-13)14(18)19/h3-8H,2H2,1H3,(H,15,16)(H,18,19). The lowest BCUT2D eigenvalue weighted by molar-refractivity contribution is -0.384. The summed E-state index contributed by atoms with van der Waals surface area (Å²) in [6.45, 7) is 2.40. The molecular formula is C14H13N3O5. The Morgan fingerprint density at radius 2 is 2.09 bits per heavy atom. The van der Waals surface area contributed by atoms with E-state index < -0.39 is 16.6 Å². The van der Waals surface area contributed by atoms with E-state index in [1.54, 1.807) is 24.3 Å². The summed E-state index contributed by atoms with van der Waals surface area (Å²) in [6, 6.07) is 7.75. The molecule has 0 radical (unpaired) electrons. The summed E-state index contributed by atoms with van der Waals surface area (Å²) < 4.78 is 5.30. The third kappa shape index (κ3) is 3.48. The van der Waals surface area contributed by atoms with Crippen molar-refractivity contribution in [3.63, 3.8) is 0 Å². The molecule has 0 saturated carbocycles. The fraction of sp³-hybridized carbons (Fsp3) is 0.143. The van der Waals surface area contributed by atoms with Gasteiger partial charge in [0, 0.05) is 18.0 Å². The first kappa shape index (κ1) is 15.2. The SMILES string of the molecule is CCOc1ccc(Nc2ncc(C(=O)O)cc2[N+](=O)[O-])cc1. The summed E-state index contributed by atoms with van der Waals surface area (Å²) in [7, 11) is 0. The molecule has 0 atom stereocenters. The Bertz CT molecular complexity index is 700. The van der Waals surface area contributed by atoms with Crippen LogP contribution < -0.4 is 10.1 Å². The summed E-state index contributed by atoms with van der Waals surface area (Å²) >= 11 is 0. The van der Waals surface area contributed by atoms with Gasteiger partial charge < -0.3 is 15.2 Å². The Morgan fingerprint density at radius 3 is 2.64 bits per heavy atom. The molecule has 0 unspecified atom stereocenters. The normalized spacial score (nSPS) is 10.0. The van der Waals surface area contributed by atoms with E-state index in [2.05, 4.69) is 10.3 Å². The van der Waals surface area contributed by atoms with Crippen LogP contribution in [-0.4, -0.2) is 27.6 Å². The molecule has 22 heavy (non-hydrogen) atoms. The monoisotopic (exact) mass is 303 g/mol. The van der Waals surface area contributed by atoms with Crippen LogP contribution in [0.25, 0.3) is 0 Å². The second-order valence-corrected chi connectivity index (χ2v) is 4.24. The van der Waals surface area contributed by atoms with Crippen molar-refractivity contribution in [2.24, 2.45) is 0 Å². The lowest BCUT2D eigenvalue weighted by Crippen LogP contribution is -2.04. The van der Waals surface area contributed by atoms with E-state index in [1.807, 2.05) is 6.92 Å².